The number of ether oxygens (including phenoxy) is 1. The van der Waals surface area contributed by atoms with E-state index in [0.717, 1.165) is 30.8 Å². The van der Waals surface area contributed by atoms with Gasteiger partial charge in [0.1, 0.15) is 5.75 Å². The molecule has 0 aliphatic carbocycles. The molecule has 1 saturated heterocycles. The minimum Gasteiger partial charge on any atom is -0.496 e. The number of benzene rings is 1. The first-order chi connectivity index (χ1) is 12.1. The number of hydrogen-bond acceptors (Lipinski definition) is 4. The monoisotopic (exact) mass is 349 g/mol. The highest BCUT2D eigenvalue weighted by molar-refractivity contribution is 5.74. The predicted octanol–water partition coefficient (Wildman–Crippen LogP) is 1.93. The number of urea groups is 1. The van der Waals surface area contributed by atoms with Crippen molar-refractivity contribution < 1.29 is 14.6 Å². The molecule has 1 aromatic carbocycles. The van der Waals surface area contributed by atoms with Crippen molar-refractivity contribution in [2.45, 2.75) is 25.8 Å². The first-order valence-corrected chi connectivity index (χ1v) is 9.08. The minimum atomic E-state index is -0.0763. The summed E-state index contributed by atoms with van der Waals surface area (Å²) in [7, 11) is 3.76. The Hall–Kier alpha value is -1.79. The summed E-state index contributed by atoms with van der Waals surface area (Å²) < 4.78 is 5.38. The van der Waals surface area contributed by atoms with Gasteiger partial charge in [-0.1, -0.05) is 18.2 Å². The molecule has 0 saturated carbocycles. The highest BCUT2D eigenvalue weighted by atomic mass is 16.5. The first kappa shape index (κ1) is 19.5. The van der Waals surface area contributed by atoms with E-state index in [-0.39, 0.29) is 12.6 Å². The second-order valence-electron chi connectivity index (χ2n) is 6.77. The van der Waals surface area contributed by atoms with Gasteiger partial charge in [-0.15, -0.1) is 0 Å². The summed E-state index contributed by atoms with van der Waals surface area (Å²) in [5.41, 5.74) is 0.968. The number of hydrogen-bond donors (Lipinski definition) is 2. The van der Waals surface area contributed by atoms with E-state index in [1.165, 1.54) is 6.42 Å². The molecular formula is C19H31N3O3. The molecule has 1 atom stereocenters. The van der Waals surface area contributed by atoms with Crippen molar-refractivity contribution in [3.05, 3.63) is 29.8 Å². The van der Waals surface area contributed by atoms with Gasteiger partial charge < -0.3 is 25.0 Å². The van der Waals surface area contributed by atoms with Gasteiger partial charge in [-0.25, -0.2) is 4.79 Å². The number of aliphatic hydroxyl groups is 1. The maximum atomic E-state index is 12.7. The second-order valence-corrected chi connectivity index (χ2v) is 6.77. The summed E-state index contributed by atoms with van der Waals surface area (Å²) in [4.78, 5) is 16.7. The van der Waals surface area contributed by atoms with Crippen LogP contribution in [0, 0.1) is 5.92 Å². The number of aliphatic hydroxyl groups excluding tert-OH is 1. The lowest BCUT2D eigenvalue weighted by atomic mass is 9.99. The van der Waals surface area contributed by atoms with Gasteiger partial charge in [0, 0.05) is 31.8 Å². The SMILES string of the molecule is COc1ccccc1CN(CCCO)C(=O)NC[C@H]1CCCN(C)C1. The third-order valence-corrected chi connectivity index (χ3v) is 4.69. The Morgan fingerprint density at radius 3 is 2.96 bits per heavy atom. The molecular weight excluding hydrogens is 318 g/mol. The lowest BCUT2D eigenvalue weighted by Crippen LogP contribution is -2.44. The summed E-state index contributed by atoms with van der Waals surface area (Å²) in [5.74, 6) is 1.28. The van der Waals surface area contributed by atoms with E-state index in [1.54, 1.807) is 12.0 Å². The summed E-state index contributed by atoms with van der Waals surface area (Å²) in [6.45, 7) is 3.93. The number of amides is 2. The zero-order valence-corrected chi connectivity index (χ0v) is 15.4. The summed E-state index contributed by atoms with van der Waals surface area (Å²) >= 11 is 0. The molecule has 2 N–H and O–H groups in total. The van der Waals surface area contributed by atoms with E-state index in [4.69, 9.17) is 9.84 Å². The number of para-hydroxylation sites is 1. The molecule has 1 aromatic rings. The molecule has 1 aliphatic rings. The van der Waals surface area contributed by atoms with E-state index in [9.17, 15) is 4.79 Å². The Kier molecular flexibility index (Phi) is 8.01. The van der Waals surface area contributed by atoms with Gasteiger partial charge in [0.05, 0.1) is 13.7 Å². The predicted molar refractivity (Wildman–Crippen MR) is 98.7 cm³/mol. The molecule has 0 radical (unpaired) electrons. The van der Waals surface area contributed by atoms with E-state index >= 15 is 0 Å². The van der Waals surface area contributed by atoms with Crippen molar-refractivity contribution in [2.24, 2.45) is 5.92 Å². The van der Waals surface area contributed by atoms with Gasteiger partial charge in [0.2, 0.25) is 0 Å². The fraction of sp³-hybridized carbons (Fsp3) is 0.632. The maximum Gasteiger partial charge on any atom is 0.317 e. The number of rotatable bonds is 8. The quantitative estimate of drug-likeness (QED) is 0.753. The molecule has 1 heterocycles. The van der Waals surface area contributed by atoms with Crippen LogP contribution in [-0.2, 0) is 6.54 Å². The van der Waals surface area contributed by atoms with Gasteiger partial charge in [-0.3, -0.25) is 0 Å². The van der Waals surface area contributed by atoms with Gasteiger partial charge in [-0.2, -0.15) is 0 Å². The standard InChI is InChI=1S/C19H31N3O3/c1-21-10-5-7-16(14-21)13-20-19(24)22(11-6-12-23)15-17-8-3-4-9-18(17)25-2/h3-4,8-9,16,23H,5-7,10-15H2,1-2H3,(H,20,24)/t16-/m1/s1. The van der Waals surface area contributed by atoms with Crippen molar-refractivity contribution in [1.82, 2.24) is 15.1 Å². The van der Waals surface area contributed by atoms with Crippen molar-refractivity contribution in [3.8, 4) is 5.75 Å². The largest absolute Gasteiger partial charge is 0.496 e. The molecule has 2 rings (SSSR count). The summed E-state index contributed by atoms with van der Waals surface area (Å²) in [5, 5.41) is 12.2. The van der Waals surface area contributed by atoms with Crippen LogP contribution >= 0.6 is 0 Å². The first-order valence-electron chi connectivity index (χ1n) is 9.08. The van der Waals surface area contributed by atoms with Crippen molar-refractivity contribution in [3.63, 3.8) is 0 Å². The fourth-order valence-electron chi connectivity index (χ4n) is 3.34. The van der Waals surface area contributed by atoms with Gasteiger partial charge in [-0.05, 0) is 44.8 Å². The second kappa shape index (κ2) is 10.3. The van der Waals surface area contributed by atoms with E-state index < -0.39 is 0 Å². The molecule has 0 unspecified atom stereocenters. The molecule has 25 heavy (non-hydrogen) atoms. The van der Waals surface area contributed by atoms with Gasteiger partial charge in [0.15, 0.2) is 0 Å². The molecule has 6 nitrogen and oxygen atoms in total. The number of methoxy groups -OCH3 is 1. The van der Waals surface area contributed by atoms with Crippen LogP contribution in [0.1, 0.15) is 24.8 Å². The Bertz CT molecular complexity index is 538. The maximum absolute atomic E-state index is 12.7. The van der Waals surface area contributed by atoms with Gasteiger partial charge >= 0.3 is 6.03 Å². The summed E-state index contributed by atoms with van der Waals surface area (Å²) in [6, 6.07) is 7.65. The molecule has 1 aliphatic heterocycles. The highest BCUT2D eigenvalue weighted by Gasteiger charge is 2.20. The van der Waals surface area contributed by atoms with Crippen molar-refractivity contribution >= 4 is 6.03 Å². The Morgan fingerprint density at radius 2 is 2.24 bits per heavy atom. The van der Waals surface area contributed by atoms with Crippen LogP contribution in [0.2, 0.25) is 0 Å². The third kappa shape index (κ3) is 6.21. The molecule has 6 heteroatoms. The molecule has 140 valence electrons. The van der Waals surface area contributed by atoms with Crippen LogP contribution in [0.15, 0.2) is 24.3 Å². The zero-order valence-electron chi connectivity index (χ0n) is 15.4. The molecule has 2 amide bonds. The lowest BCUT2D eigenvalue weighted by molar-refractivity contribution is 0.175. The lowest BCUT2D eigenvalue weighted by Gasteiger charge is -2.31. The van der Waals surface area contributed by atoms with Crippen molar-refractivity contribution in [2.75, 3.05) is 46.9 Å². The third-order valence-electron chi connectivity index (χ3n) is 4.69. The van der Waals surface area contributed by atoms with Crippen LogP contribution in [0.25, 0.3) is 0 Å². The molecule has 0 aromatic heterocycles. The van der Waals surface area contributed by atoms with Crippen molar-refractivity contribution in [1.29, 1.82) is 0 Å². The van der Waals surface area contributed by atoms with Crippen LogP contribution in [0.3, 0.4) is 0 Å². The average molecular weight is 349 g/mol. The molecule has 0 bridgehead atoms. The topological polar surface area (TPSA) is 65.0 Å². The number of carbonyl (C=O) groups is 1. The van der Waals surface area contributed by atoms with E-state index in [0.29, 0.717) is 32.0 Å². The van der Waals surface area contributed by atoms with E-state index in [2.05, 4.69) is 17.3 Å². The zero-order chi connectivity index (χ0) is 18.1. The Morgan fingerprint density at radius 1 is 1.44 bits per heavy atom. The number of carbonyl (C=O) groups excluding carboxylic acids is 1. The van der Waals surface area contributed by atoms with Crippen LogP contribution in [0.4, 0.5) is 4.79 Å². The summed E-state index contributed by atoms with van der Waals surface area (Å²) in [6.07, 6.45) is 2.91. The number of nitrogens with one attached hydrogen (secondary N) is 1. The molecule has 0 spiro atoms. The van der Waals surface area contributed by atoms with E-state index in [1.807, 2.05) is 24.3 Å². The highest BCUT2D eigenvalue weighted by Crippen LogP contribution is 2.20. The number of piperidine rings is 1. The minimum absolute atomic E-state index is 0.0725. The smallest absolute Gasteiger partial charge is 0.317 e. The molecule has 1 fully saturated rings. The Labute approximate surface area is 150 Å². The number of nitrogens with zero attached hydrogens (tertiary/aromatic N) is 2. The number of likely N-dealkylation sites (tertiary alicyclic amines) is 1. The average Bonchev–Trinajstić information content (AvgIpc) is 2.63. The van der Waals surface area contributed by atoms with Crippen LogP contribution in [-0.4, -0.2) is 67.9 Å². The van der Waals surface area contributed by atoms with Crippen LogP contribution < -0.4 is 10.1 Å². The fourth-order valence-corrected chi connectivity index (χ4v) is 3.34. The van der Waals surface area contributed by atoms with Crippen LogP contribution in [0.5, 0.6) is 5.75 Å². The van der Waals surface area contributed by atoms with Gasteiger partial charge in [0.25, 0.3) is 0 Å². The normalized spacial score (nSPS) is 18.0. The Balaban J connectivity index is 1.94.